The van der Waals surface area contributed by atoms with E-state index in [4.69, 9.17) is 4.74 Å². The summed E-state index contributed by atoms with van der Waals surface area (Å²) >= 11 is 0. The summed E-state index contributed by atoms with van der Waals surface area (Å²) in [5.74, 6) is -1.34. The average Bonchev–Trinajstić information content (AvgIpc) is 2.92. The van der Waals surface area contributed by atoms with Crippen LogP contribution >= 0.6 is 0 Å². The van der Waals surface area contributed by atoms with Gasteiger partial charge in [0.2, 0.25) is 0 Å². The highest BCUT2D eigenvalue weighted by atomic mass is 16.5. The Morgan fingerprint density at radius 1 is 0.816 bits per heavy atom. The Balaban J connectivity index is 1.55. The minimum Gasteiger partial charge on any atom is -0.464 e. The van der Waals surface area contributed by atoms with E-state index >= 15 is 0 Å². The first kappa shape index (κ1) is 26.4. The quantitative estimate of drug-likeness (QED) is 0.242. The van der Waals surface area contributed by atoms with E-state index in [0.717, 1.165) is 21.9 Å². The molecule has 0 spiro atoms. The van der Waals surface area contributed by atoms with E-state index in [1.165, 1.54) is 7.11 Å². The molecule has 6 nitrogen and oxygen atoms in total. The summed E-state index contributed by atoms with van der Waals surface area (Å²) < 4.78 is 4.86. The lowest BCUT2D eigenvalue weighted by Crippen LogP contribution is -2.30. The van der Waals surface area contributed by atoms with Crippen molar-refractivity contribution in [1.29, 1.82) is 0 Å². The van der Waals surface area contributed by atoms with Crippen molar-refractivity contribution in [3.05, 3.63) is 124 Å². The van der Waals surface area contributed by atoms with E-state index < -0.39 is 11.9 Å². The largest absolute Gasteiger partial charge is 0.464 e. The maximum absolute atomic E-state index is 13.2. The number of fused-ring (bicyclic) bond motifs is 1. The van der Waals surface area contributed by atoms with Gasteiger partial charge in [0.05, 0.1) is 13.2 Å². The number of carbonyl (C=O) groups excluding carboxylic acids is 3. The van der Waals surface area contributed by atoms with Crippen LogP contribution < -0.4 is 10.6 Å². The van der Waals surface area contributed by atoms with E-state index in [1.54, 1.807) is 32.1 Å². The summed E-state index contributed by atoms with van der Waals surface area (Å²) in [4.78, 5) is 38.7. The zero-order valence-electron chi connectivity index (χ0n) is 21.9. The van der Waals surface area contributed by atoms with Gasteiger partial charge in [-0.15, -0.1) is 0 Å². The summed E-state index contributed by atoms with van der Waals surface area (Å²) in [5, 5.41) is 7.96. The first-order valence-corrected chi connectivity index (χ1v) is 12.3. The van der Waals surface area contributed by atoms with Crippen LogP contribution in [0, 0.1) is 13.8 Å². The summed E-state index contributed by atoms with van der Waals surface area (Å²) in [6.07, 6.45) is 1.56. The fraction of sp³-hybridized carbons (Fsp3) is 0.156. The molecule has 4 aromatic carbocycles. The molecule has 0 bridgehead atoms. The molecule has 0 heterocycles. The van der Waals surface area contributed by atoms with Crippen LogP contribution in [0.3, 0.4) is 0 Å². The van der Waals surface area contributed by atoms with Gasteiger partial charge >= 0.3 is 5.97 Å². The Morgan fingerprint density at radius 3 is 2.13 bits per heavy atom. The molecular weight excluding hydrogens is 476 g/mol. The SMILES string of the molecule is COC(=O)/C(=C\c1ccccc1)NC(=O)c1c(C)cc(C(=O)N[C@H](C)c2cccc3ccccc23)cc1C. The lowest BCUT2D eigenvalue weighted by atomic mass is 9.97. The van der Waals surface area contributed by atoms with E-state index in [-0.39, 0.29) is 17.6 Å². The minimum atomic E-state index is -0.657. The molecule has 6 heteroatoms. The molecule has 2 N–H and O–H groups in total. The van der Waals surface area contributed by atoms with Crippen LogP contribution in [0.4, 0.5) is 0 Å². The normalized spacial score (nSPS) is 12.1. The number of nitrogens with one attached hydrogen (secondary N) is 2. The van der Waals surface area contributed by atoms with Gasteiger partial charge in [-0.2, -0.15) is 0 Å². The van der Waals surface area contributed by atoms with Crippen molar-refractivity contribution < 1.29 is 19.1 Å². The molecule has 0 unspecified atom stereocenters. The van der Waals surface area contributed by atoms with Crippen LogP contribution in [0.5, 0.6) is 0 Å². The van der Waals surface area contributed by atoms with Crippen molar-refractivity contribution in [2.45, 2.75) is 26.8 Å². The second-order valence-corrected chi connectivity index (χ2v) is 9.16. The Labute approximate surface area is 222 Å². The second kappa shape index (κ2) is 11.6. The van der Waals surface area contributed by atoms with Crippen LogP contribution in [0.25, 0.3) is 16.8 Å². The molecule has 0 aliphatic rings. The molecule has 2 amide bonds. The third kappa shape index (κ3) is 5.81. The predicted octanol–water partition coefficient (Wildman–Crippen LogP) is 5.89. The number of benzene rings is 4. The van der Waals surface area contributed by atoms with Gasteiger partial charge in [0.1, 0.15) is 5.70 Å². The molecule has 0 radical (unpaired) electrons. The highest BCUT2D eigenvalue weighted by Gasteiger charge is 2.21. The second-order valence-electron chi connectivity index (χ2n) is 9.16. The molecule has 0 fully saturated rings. The van der Waals surface area contributed by atoms with E-state index in [9.17, 15) is 14.4 Å². The smallest absolute Gasteiger partial charge is 0.354 e. The van der Waals surface area contributed by atoms with Crippen molar-refractivity contribution in [3.63, 3.8) is 0 Å². The topological polar surface area (TPSA) is 84.5 Å². The predicted molar refractivity (Wildman–Crippen MR) is 150 cm³/mol. The van der Waals surface area contributed by atoms with Gasteiger partial charge in [-0.05, 0) is 72.0 Å². The van der Waals surface area contributed by atoms with Gasteiger partial charge in [0.25, 0.3) is 11.8 Å². The summed E-state index contributed by atoms with van der Waals surface area (Å²) in [7, 11) is 1.26. The average molecular weight is 507 g/mol. The number of ether oxygens (including phenoxy) is 1. The highest BCUT2D eigenvalue weighted by molar-refractivity contribution is 6.05. The molecule has 0 saturated carbocycles. The van der Waals surface area contributed by atoms with E-state index in [2.05, 4.69) is 10.6 Å². The highest BCUT2D eigenvalue weighted by Crippen LogP contribution is 2.25. The Morgan fingerprint density at radius 2 is 1.45 bits per heavy atom. The molecular formula is C32H30N2O4. The van der Waals surface area contributed by atoms with Crippen LogP contribution in [0.2, 0.25) is 0 Å². The standard InChI is InChI=1S/C32H30N2O4/c1-20-17-25(30(35)33-22(3)26-16-10-14-24-13-8-9-15-27(24)26)18-21(2)29(20)31(36)34-28(32(37)38-4)19-23-11-6-5-7-12-23/h5-19,22H,1-4H3,(H,33,35)(H,34,36)/b28-19+/t22-/m1/s1. The molecule has 1 atom stereocenters. The summed E-state index contributed by atoms with van der Waals surface area (Å²) in [5.41, 5.74) is 3.88. The third-order valence-electron chi connectivity index (χ3n) is 6.42. The van der Waals surface area contributed by atoms with Gasteiger partial charge in [-0.25, -0.2) is 4.79 Å². The Kier molecular flexibility index (Phi) is 8.02. The van der Waals surface area contributed by atoms with Crippen molar-refractivity contribution in [2.75, 3.05) is 7.11 Å². The fourth-order valence-corrected chi connectivity index (χ4v) is 4.60. The number of hydrogen-bond donors (Lipinski definition) is 2. The fourth-order valence-electron chi connectivity index (χ4n) is 4.60. The zero-order chi connectivity index (χ0) is 27.2. The first-order chi connectivity index (χ1) is 18.3. The first-order valence-electron chi connectivity index (χ1n) is 12.3. The molecule has 192 valence electrons. The number of aryl methyl sites for hydroxylation is 2. The van der Waals surface area contributed by atoms with Crippen LogP contribution in [-0.4, -0.2) is 24.9 Å². The third-order valence-corrected chi connectivity index (χ3v) is 6.42. The van der Waals surface area contributed by atoms with Crippen molar-refractivity contribution in [3.8, 4) is 0 Å². The van der Waals surface area contributed by atoms with Gasteiger partial charge in [-0.1, -0.05) is 72.8 Å². The van der Waals surface area contributed by atoms with Crippen molar-refractivity contribution in [2.24, 2.45) is 0 Å². The maximum Gasteiger partial charge on any atom is 0.354 e. The summed E-state index contributed by atoms with van der Waals surface area (Å²) in [6, 6.07) is 26.4. The lowest BCUT2D eigenvalue weighted by molar-refractivity contribution is -0.136. The molecule has 0 aliphatic heterocycles. The van der Waals surface area contributed by atoms with Crippen molar-refractivity contribution >= 4 is 34.6 Å². The number of hydrogen-bond acceptors (Lipinski definition) is 4. The van der Waals surface area contributed by atoms with Crippen LogP contribution in [0.1, 0.15) is 55.9 Å². The molecule has 4 rings (SSSR count). The Bertz CT molecular complexity index is 1510. The molecule has 0 aromatic heterocycles. The number of methoxy groups -OCH3 is 1. The number of esters is 1. The number of amides is 2. The van der Waals surface area contributed by atoms with Gasteiger partial charge in [-0.3, -0.25) is 9.59 Å². The van der Waals surface area contributed by atoms with Crippen LogP contribution in [-0.2, 0) is 9.53 Å². The molecule has 0 saturated heterocycles. The van der Waals surface area contributed by atoms with Crippen LogP contribution in [0.15, 0.2) is 90.6 Å². The molecule has 4 aromatic rings. The lowest BCUT2D eigenvalue weighted by Gasteiger charge is -2.18. The van der Waals surface area contributed by atoms with Gasteiger partial charge in [0.15, 0.2) is 0 Å². The van der Waals surface area contributed by atoms with E-state index in [1.807, 2.05) is 79.7 Å². The van der Waals surface area contributed by atoms with Gasteiger partial charge < -0.3 is 15.4 Å². The maximum atomic E-state index is 13.2. The number of rotatable bonds is 7. The monoisotopic (exact) mass is 506 g/mol. The number of carbonyl (C=O) groups is 3. The molecule has 38 heavy (non-hydrogen) atoms. The van der Waals surface area contributed by atoms with Gasteiger partial charge in [0, 0.05) is 11.1 Å². The van der Waals surface area contributed by atoms with Crippen molar-refractivity contribution in [1.82, 2.24) is 10.6 Å². The summed E-state index contributed by atoms with van der Waals surface area (Å²) in [6.45, 7) is 5.49. The zero-order valence-corrected chi connectivity index (χ0v) is 21.9. The van der Waals surface area contributed by atoms with E-state index in [0.29, 0.717) is 22.3 Å². The Hall–Kier alpha value is -4.71. The minimum absolute atomic E-state index is 0.0215. The molecule has 0 aliphatic carbocycles.